The van der Waals surface area contributed by atoms with Crippen molar-refractivity contribution < 1.29 is 13.2 Å². The lowest BCUT2D eigenvalue weighted by Gasteiger charge is -2.34. The summed E-state index contributed by atoms with van der Waals surface area (Å²) < 4.78 is 27.6. The van der Waals surface area contributed by atoms with E-state index in [4.69, 9.17) is 0 Å². The molecule has 7 heteroatoms. The Balaban J connectivity index is 2.01. The van der Waals surface area contributed by atoms with Crippen LogP contribution in [0.1, 0.15) is 46.5 Å². The van der Waals surface area contributed by atoms with Crippen LogP contribution in [0.3, 0.4) is 0 Å². The zero-order chi connectivity index (χ0) is 17.1. The maximum atomic E-state index is 12.8. The topological polar surface area (TPSA) is 66.5 Å². The van der Waals surface area contributed by atoms with Crippen LogP contribution < -0.4 is 5.32 Å². The largest absolute Gasteiger partial charge is 0.356 e. The van der Waals surface area contributed by atoms with Crippen molar-refractivity contribution in [2.75, 3.05) is 13.1 Å². The summed E-state index contributed by atoms with van der Waals surface area (Å²) in [5.74, 6) is 0.000901. The lowest BCUT2D eigenvalue weighted by molar-refractivity contribution is -0.128. The number of hydrogen-bond acceptors (Lipinski definition) is 4. The predicted octanol–water partition coefficient (Wildman–Crippen LogP) is 2.84. The maximum Gasteiger partial charge on any atom is 0.252 e. The molecule has 2 heterocycles. The van der Waals surface area contributed by atoms with Crippen molar-refractivity contribution in [3.05, 3.63) is 17.5 Å². The fraction of sp³-hybridized carbons (Fsp3) is 0.688. The van der Waals surface area contributed by atoms with Crippen LogP contribution in [-0.2, 0) is 14.8 Å². The molecule has 1 unspecified atom stereocenters. The monoisotopic (exact) mass is 358 g/mol. The molecule has 5 nitrogen and oxygen atoms in total. The molecule has 0 bridgehead atoms. The minimum Gasteiger partial charge on any atom is -0.356 e. The second-order valence-corrected chi connectivity index (χ2v) is 10.1. The first-order chi connectivity index (χ1) is 10.7. The zero-order valence-electron chi connectivity index (χ0n) is 14.0. The normalized spacial score (nSPS) is 20.4. The van der Waals surface area contributed by atoms with Crippen molar-refractivity contribution in [2.24, 2.45) is 5.41 Å². The van der Waals surface area contributed by atoms with Gasteiger partial charge in [0.15, 0.2) is 0 Å². The average Bonchev–Trinajstić information content (AvgIpc) is 3.01. The van der Waals surface area contributed by atoms with Gasteiger partial charge in [-0.15, -0.1) is 11.3 Å². The van der Waals surface area contributed by atoms with Crippen LogP contribution in [0.15, 0.2) is 21.7 Å². The van der Waals surface area contributed by atoms with E-state index >= 15 is 0 Å². The van der Waals surface area contributed by atoms with Crippen molar-refractivity contribution in [1.82, 2.24) is 9.62 Å². The molecule has 1 saturated heterocycles. The van der Waals surface area contributed by atoms with E-state index in [-0.39, 0.29) is 11.9 Å². The highest BCUT2D eigenvalue weighted by atomic mass is 32.2. The van der Waals surface area contributed by atoms with Crippen LogP contribution >= 0.6 is 11.3 Å². The first-order valence-electron chi connectivity index (χ1n) is 8.06. The highest BCUT2D eigenvalue weighted by Crippen LogP contribution is 2.29. The molecular weight excluding hydrogens is 332 g/mol. The second kappa shape index (κ2) is 7.32. The van der Waals surface area contributed by atoms with Gasteiger partial charge in [0.1, 0.15) is 4.21 Å². The summed E-state index contributed by atoms with van der Waals surface area (Å²) in [6, 6.07) is 3.39. The standard InChI is InChI=1S/C16H26N2O3S2/c1-16(2,3)15(19)17-10-9-13-7-4-5-11-18(13)23(20,21)14-8-6-12-22-14/h6,8,12-13H,4-5,7,9-11H2,1-3H3,(H,17,19). The van der Waals surface area contributed by atoms with Crippen LogP contribution in [0.4, 0.5) is 0 Å². The molecule has 0 spiro atoms. The van der Waals surface area contributed by atoms with Crippen molar-refractivity contribution in [3.63, 3.8) is 0 Å². The first kappa shape index (κ1) is 18.4. The summed E-state index contributed by atoms with van der Waals surface area (Å²) in [5.41, 5.74) is -0.421. The fourth-order valence-electron chi connectivity index (χ4n) is 2.72. The maximum absolute atomic E-state index is 12.8. The number of nitrogens with zero attached hydrogens (tertiary/aromatic N) is 1. The Hall–Kier alpha value is -0.920. The van der Waals surface area contributed by atoms with Gasteiger partial charge in [-0.05, 0) is 30.7 Å². The number of rotatable bonds is 5. The van der Waals surface area contributed by atoms with Crippen molar-refractivity contribution in [3.8, 4) is 0 Å². The van der Waals surface area contributed by atoms with Gasteiger partial charge < -0.3 is 5.32 Å². The van der Waals surface area contributed by atoms with E-state index in [0.29, 0.717) is 23.7 Å². The Labute approximate surface area is 143 Å². The SMILES string of the molecule is CC(C)(C)C(=O)NCCC1CCCCN1S(=O)(=O)c1cccs1. The highest BCUT2D eigenvalue weighted by Gasteiger charge is 2.34. The minimum atomic E-state index is -3.41. The van der Waals surface area contributed by atoms with Crippen LogP contribution in [0.25, 0.3) is 0 Å². The van der Waals surface area contributed by atoms with E-state index in [0.717, 1.165) is 19.3 Å². The summed E-state index contributed by atoms with van der Waals surface area (Å²) in [4.78, 5) is 11.9. The van der Waals surface area contributed by atoms with Gasteiger partial charge >= 0.3 is 0 Å². The molecule has 0 aromatic carbocycles. The number of piperidine rings is 1. The molecule has 0 aliphatic carbocycles. The molecule has 0 saturated carbocycles. The molecule has 2 rings (SSSR count). The van der Waals surface area contributed by atoms with Crippen molar-refractivity contribution in [1.29, 1.82) is 0 Å². The summed E-state index contributed by atoms with van der Waals surface area (Å²) in [5, 5.41) is 4.71. The summed E-state index contributed by atoms with van der Waals surface area (Å²) in [6.45, 7) is 6.69. The molecule has 1 fully saturated rings. The van der Waals surface area contributed by atoms with Gasteiger partial charge in [0, 0.05) is 24.5 Å². The fourth-order valence-corrected chi connectivity index (χ4v) is 5.57. The van der Waals surface area contributed by atoms with Crippen LogP contribution in [0, 0.1) is 5.41 Å². The molecule has 1 aromatic rings. The number of sulfonamides is 1. The van der Waals surface area contributed by atoms with Gasteiger partial charge in [-0.3, -0.25) is 4.79 Å². The second-order valence-electron chi connectivity index (χ2n) is 6.99. The smallest absolute Gasteiger partial charge is 0.252 e. The third kappa shape index (κ3) is 4.55. The molecule has 1 N–H and O–H groups in total. The van der Waals surface area contributed by atoms with Gasteiger partial charge in [-0.2, -0.15) is 4.31 Å². The summed E-state index contributed by atoms with van der Waals surface area (Å²) in [6.07, 6.45) is 3.45. The number of amides is 1. The molecule has 1 aliphatic rings. The summed E-state index contributed by atoms with van der Waals surface area (Å²) >= 11 is 1.26. The van der Waals surface area contributed by atoms with Crippen LogP contribution in [-0.4, -0.2) is 37.8 Å². The molecular formula is C16H26N2O3S2. The molecule has 0 radical (unpaired) electrons. The lowest BCUT2D eigenvalue weighted by atomic mass is 9.95. The number of nitrogens with one attached hydrogen (secondary N) is 1. The van der Waals surface area contributed by atoms with Crippen molar-refractivity contribution >= 4 is 27.3 Å². The lowest BCUT2D eigenvalue weighted by Crippen LogP contribution is -2.45. The van der Waals surface area contributed by atoms with E-state index in [1.165, 1.54) is 11.3 Å². The average molecular weight is 359 g/mol. The van der Waals surface area contributed by atoms with Gasteiger partial charge in [-0.25, -0.2) is 8.42 Å². The highest BCUT2D eigenvalue weighted by molar-refractivity contribution is 7.91. The zero-order valence-corrected chi connectivity index (χ0v) is 15.7. The van der Waals surface area contributed by atoms with E-state index in [1.54, 1.807) is 21.8 Å². The number of hydrogen-bond donors (Lipinski definition) is 1. The van der Waals surface area contributed by atoms with E-state index in [2.05, 4.69) is 5.32 Å². The number of carbonyl (C=O) groups excluding carboxylic acids is 1. The van der Waals surface area contributed by atoms with Gasteiger partial charge in [-0.1, -0.05) is 33.3 Å². The third-order valence-corrected chi connectivity index (χ3v) is 7.40. The molecule has 130 valence electrons. The number of thiophene rings is 1. The Morgan fingerprint density at radius 3 is 2.74 bits per heavy atom. The molecule has 1 atom stereocenters. The van der Waals surface area contributed by atoms with E-state index < -0.39 is 15.4 Å². The van der Waals surface area contributed by atoms with Gasteiger partial charge in [0.2, 0.25) is 5.91 Å². The molecule has 23 heavy (non-hydrogen) atoms. The molecule has 1 aliphatic heterocycles. The Morgan fingerprint density at radius 2 is 2.13 bits per heavy atom. The Kier molecular flexibility index (Phi) is 5.86. The Morgan fingerprint density at radius 1 is 1.39 bits per heavy atom. The Bertz CT molecular complexity index is 618. The predicted molar refractivity (Wildman–Crippen MR) is 92.9 cm³/mol. The molecule has 1 aromatic heterocycles. The quantitative estimate of drug-likeness (QED) is 0.880. The van der Waals surface area contributed by atoms with Gasteiger partial charge in [0.05, 0.1) is 0 Å². The van der Waals surface area contributed by atoms with Crippen LogP contribution in [0.5, 0.6) is 0 Å². The van der Waals surface area contributed by atoms with Crippen LogP contribution in [0.2, 0.25) is 0 Å². The molecule has 1 amide bonds. The minimum absolute atomic E-state index is 0.000901. The number of carbonyl (C=O) groups is 1. The van der Waals surface area contributed by atoms with Gasteiger partial charge in [0.25, 0.3) is 10.0 Å². The van der Waals surface area contributed by atoms with E-state index in [1.807, 2.05) is 20.8 Å². The summed E-state index contributed by atoms with van der Waals surface area (Å²) in [7, 11) is -3.41. The third-order valence-electron chi connectivity index (χ3n) is 4.08. The first-order valence-corrected chi connectivity index (χ1v) is 10.4. The van der Waals surface area contributed by atoms with E-state index in [9.17, 15) is 13.2 Å². The van der Waals surface area contributed by atoms with Crippen molar-refractivity contribution in [2.45, 2.75) is 56.7 Å².